The third-order valence-electron chi connectivity index (χ3n) is 3.37. The zero-order valence-corrected chi connectivity index (χ0v) is 11.8. The van der Waals surface area contributed by atoms with Gasteiger partial charge in [0.25, 0.3) is 17.4 Å². The predicted octanol–water partition coefficient (Wildman–Crippen LogP) is 2.13. The molecule has 0 aliphatic heterocycles. The Hall–Kier alpha value is -2.70. The molecular formula is C14H15N3O4. The van der Waals surface area contributed by atoms with Crippen molar-refractivity contribution < 1.29 is 14.5 Å². The van der Waals surface area contributed by atoms with E-state index in [-0.39, 0.29) is 11.3 Å². The first kappa shape index (κ1) is 14.7. The van der Waals surface area contributed by atoms with Crippen LogP contribution in [-0.4, -0.2) is 39.6 Å². The molecule has 2 aromatic rings. The van der Waals surface area contributed by atoms with Crippen LogP contribution >= 0.6 is 0 Å². The van der Waals surface area contributed by atoms with E-state index in [2.05, 4.69) is 4.98 Å². The number of hydrogen-bond donors (Lipinski definition) is 1. The van der Waals surface area contributed by atoms with E-state index in [0.717, 1.165) is 0 Å². The number of non-ortho nitro benzene ring substituents is 1. The fraction of sp³-hybridized carbons (Fsp3) is 0.286. The summed E-state index contributed by atoms with van der Waals surface area (Å²) >= 11 is 0. The van der Waals surface area contributed by atoms with Gasteiger partial charge in [-0.3, -0.25) is 19.7 Å². The number of nitrogens with one attached hydrogen (secondary N) is 1. The minimum atomic E-state index is -0.662. The van der Waals surface area contributed by atoms with Gasteiger partial charge in [0.05, 0.1) is 10.5 Å². The molecule has 0 unspecified atom stereocenters. The van der Waals surface area contributed by atoms with Gasteiger partial charge in [0.2, 0.25) is 0 Å². The van der Waals surface area contributed by atoms with Crippen molar-refractivity contribution in [2.75, 3.05) is 13.1 Å². The van der Waals surface area contributed by atoms with Gasteiger partial charge in [0.15, 0.2) is 0 Å². The first-order chi connectivity index (χ1) is 9.99. The Kier molecular flexibility index (Phi) is 4.02. The normalized spacial score (nSPS) is 10.6. The molecule has 110 valence electrons. The third-order valence-corrected chi connectivity index (χ3v) is 3.37. The maximum atomic E-state index is 12.3. The van der Waals surface area contributed by atoms with Crippen LogP contribution in [0.2, 0.25) is 0 Å². The summed E-state index contributed by atoms with van der Waals surface area (Å²) in [7, 11) is 0. The summed E-state index contributed by atoms with van der Waals surface area (Å²) in [4.78, 5) is 38.9. The summed E-state index contributed by atoms with van der Waals surface area (Å²) in [6.45, 7) is 4.44. The van der Waals surface area contributed by atoms with Crippen molar-refractivity contribution in [3.05, 3.63) is 40.1 Å². The van der Waals surface area contributed by atoms with E-state index in [1.807, 2.05) is 0 Å². The number of H-pyrrole nitrogens is 1. The van der Waals surface area contributed by atoms with E-state index in [9.17, 15) is 19.7 Å². The number of nitrogens with zero attached hydrogens (tertiary/aromatic N) is 2. The molecule has 0 bridgehead atoms. The number of carbonyl (C=O) groups is 2. The molecule has 1 amide bonds. The fourth-order valence-electron chi connectivity index (χ4n) is 2.18. The number of rotatable bonds is 5. The van der Waals surface area contributed by atoms with Crippen molar-refractivity contribution in [3.8, 4) is 0 Å². The minimum absolute atomic E-state index is 0.119. The van der Waals surface area contributed by atoms with Crippen LogP contribution in [0.3, 0.4) is 0 Å². The number of aromatic nitrogens is 1. The van der Waals surface area contributed by atoms with E-state index in [1.54, 1.807) is 13.8 Å². The zero-order chi connectivity index (χ0) is 15.6. The van der Waals surface area contributed by atoms with Crippen molar-refractivity contribution in [3.63, 3.8) is 0 Å². The van der Waals surface area contributed by atoms with E-state index < -0.39 is 16.6 Å². The standard InChI is InChI=1S/C14H15N3O4/c1-3-16(4-2)14(19)13(18)11-8-15-12-6-5-9(17(20)21)7-10(11)12/h5-8,15H,3-4H2,1-2H3. The monoisotopic (exact) mass is 289 g/mol. The number of nitro groups is 1. The van der Waals surface area contributed by atoms with Gasteiger partial charge in [0, 0.05) is 42.3 Å². The van der Waals surface area contributed by atoms with Crippen LogP contribution in [0.4, 0.5) is 5.69 Å². The van der Waals surface area contributed by atoms with Crippen molar-refractivity contribution in [1.82, 2.24) is 9.88 Å². The molecule has 0 radical (unpaired) electrons. The zero-order valence-electron chi connectivity index (χ0n) is 11.8. The van der Waals surface area contributed by atoms with Gasteiger partial charge in [-0.2, -0.15) is 0 Å². The number of Topliss-reactive ketones (excluding diaryl/α,β-unsaturated/α-hetero) is 1. The molecule has 1 aromatic heterocycles. The van der Waals surface area contributed by atoms with Crippen LogP contribution in [0.1, 0.15) is 24.2 Å². The maximum absolute atomic E-state index is 12.3. The van der Waals surface area contributed by atoms with Gasteiger partial charge in [0.1, 0.15) is 0 Å². The van der Waals surface area contributed by atoms with Gasteiger partial charge in [-0.15, -0.1) is 0 Å². The van der Waals surface area contributed by atoms with Crippen LogP contribution in [-0.2, 0) is 4.79 Å². The fourth-order valence-corrected chi connectivity index (χ4v) is 2.18. The molecule has 0 saturated heterocycles. The number of fused-ring (bicyclic) bond motifs is 1. The molecule has 1 N–H and O–H groups in total. The third kappa shape index (κ3) is 2.62. The number of amides is 1. The number of ketones is 1. The average molecular weight is 289 g/mol. The van der Waals surface area contributed by atoms with Crippen LogP contribution in [0.15, 0.2) is 24.4 Å². The highest BCUT2D eigenvalue weighted by Gasteiger charge is 2.24. The molecule has 0 fully saturated rings. The molecule has 7 heteroatoms. The number of hydrogen-bond acceptors (Lipinski definition) is 4. The van der Waals surface area contributed by atoms with Crippen molar-refractivity contribution in [1.29, 1.82) is 0 Å². The lowest BCUT2D eigenvalue weighted by Crippen LogP contribution is -2.36. The number of aromatic amines is 1. The number of likely N-dealkylation sites (N-methyl/N-ethyl adjacent to an activating group) is 1. The predicted molar refractivity (Wildman–Crippen MR) is 77.2 cm³/mol. The van der Waals surface area contributed by atoms with Crippen molar-refractivity contribution >= 4 is 28.3 Å². The highest BCUT2D eigenvalue weighted by atomic mass is 16.6. The summed E-state index contributed by atoms with van der Waals surface area (Å²) in [5, 5.41) is 11.2. The van der Waals surface area contributed by atoms with E-state index >= 15 is 0 Å². The summed E-state index contributed by atoms with van der Waals surface area (Å²) < 4.78 is 0. The highest BCUT2D eigenvalue weighted by molar-refractivity contribution is 6.44. The first-order valence-corrected chi connectivity index (χ1v) is 6.58. The molecular weight excluding hydrogens is 274 g/mol. The highest BCUT2D eigenvalue weighted by Crippen LogP contribution is 2.24. The second-order valence-corrected chi connectivity index (χ2v) is 4.50. The quantitative estimate of drug-likeness (QED) is 0.394. The maximum Gasteiger partial charge on any atom is 0.295 e. The Bertz CT molecular complexity index is 716. The molecule has 21 heavy (non-hydrogen) atoms. The molecule has 0 saturated carbocycles. The minimum Gasteiger partial charge on any atom is -0.360 e. The Morgan fingerprint density at radius 3 is 2.52 bits per heavy atom. The van der Waals surface area contributed by atoms with Gasteiger partial charge >= 0.3 is 0 Å². The molecule has 2 rings (SSSR count). The van der Waals surface area contributed by atoms with Crippen molar-refractivity contribution in [2.45, 2.75) is 13.8 Å². The molecule has 0 aliphatic rings. The lowest BCUT2D eigenvalue weighted by molar-refractivity contribution is -0.384. The molecule has 0 atom stereocenters. The van der Waals surface area contributed by atoms with Gasteiger partial charge in [-0.25, -0.2) is 0 Å². The Morgan fingerprint density at radius 2 is 1.95 bits per heavy atom. The van der Waals surface area contributed by atoms with E-state index in [1.165, 1.54) is 29.3 Å². The molecule has 1 heterocycles. The first-order valence-electron chi connectivity index (χ1n) is 6.58. The molecule has 7 nitrogen and oxygen atoms in total. The van der Waals surface area contributed by atoms with E-state index in [4.69, 9.17) is 0 Å². The smallest absolute Gasteiger partial charge is 0.295 e. The number of benzene rings is 1. The van der Waals surface area contributed by atoms with Crippen LogP contribution in [0, 0.1) is 10.1 Å². The largest absolute Gasteiger partial charge is 0.360 e. The van der Waals surface area contributed by atoms with Crippen LogP contribution in [0.25, 0.3) is 10.9 Å². The Balaban J connectivity index is 2.46. The summed E-state index contributed by atoms with van der Waals surface area (Å²) in [5.41, 5.74) is 0.619. The topological polar surface area (TPSA) is 96.3 Å². The SMILES string of the molecule is CCN(CC)C(=O)C(=O)c1c[nH]c2ccc([N+](=O)[O-])cc12. The Morgan fingerprint density at radius 1 is 1.29 bits per heavy atom. The van der Waals surface area contributed by atoms with Crippen LogP contribution in [0.5, 0.6) is 0 Å². The second kappa shape index (κ2) is 5.74. The number of nitro benzene ring substituents is 1. The van der Waals surface area contributed by atoms with Crippen molar-refractivity contribution in [2.24, 2.45) is 0 Å². The summed E-state index contributed by atoms with van der Waals surface area (Å²) in [5.74, 6) is -1.27. The second-order valence-electron chi connectivity index (χ2n) is 4.50. The average Bonchev–Trinajstić information content (AvgIpc) is 2.90. The lowest BCUT2D eigenvalue weighted by atomic mass is 10.1. The van der Waals surface area contributed by atoms with E-state index in [0.29, 0.717) is 24.0 Å². The molecule has 0 aliphatic carbocycles. The van der Waals surface area contributed by atoms with Gasteiger partial charge in [-0.1, -0.05) is 0 Å². The lowest BCUT2D eigenvalue weighted by Gasteiger charge is -2.17. The van der Waals surface area contributed by atoms with Gasteiger partial charge < -0.3 is 9.88 Å². The number of carbonyl (C=O) groups excluding carboxylic acids is 2. The summed E-state index contributed by atoms with van der Waals surface area (Å²) in [6, 6.07) is 4.17. The molecule has 1 aromatic carbocycles. The summed E-state index contributed by atoms with van der Waals surface area (Å²) in [6.07, 6.45) is 1.41. The van der Waals surface area contributed by atoms with Gasteiger partial charge in [-0.05, 0) is 19.9 Å². The van der Waals surface area contributed by atoms with Crippen LogP contribution < -0.4 is 0 Å². The Labute approximate surface area is 120 Å². The molecule has 0 spiro atoms.